The van der Waals surface area contributed by atoms with Crippen molar-refractivity contribution in [1.82, 2.24) is 20.2 Å². The molecule has 0 radical (unpaired) electrons. The lowest BCUT2D eigenvalue weighted by Crippen LogP contribution is -2.35. The number of amides is 1. The van der Waals surface area contributed by atoms with Crippen LogP contribution in [0.25, 0.3) is 0 Å². The van der Waals surface area contributed by atoms with Crippen molar-refractivity contribution in [2.45, 2.75) is 51.7 Å². The van der Waals surface area contributed by atoms with Crippen LogP contribution in [0.5, 0.6) is 0 Å². The molecule has 0 spiro atoms. The molecular formula is C29H30ClN5O. The number of aromatic nitrogens is 2. The lowest BCUT2D eigenvalue weighted by Gasteiger charge is -2.35. The van der Waals surface area contributed by atoms with Crippen molar-refractivity contribution in [2.75, 3.05) is 6.54 Å². The van der Waals surface area contributed by atoms with Crippen LogP contribution in [0.2, 0.25) is 5.15 Å². The van der Waals surface area contributed by atoms with Gasteiger partial charge in [0.25, 0.3) is 5.91 Å². The van der Waals surface area contributed by atoms with Gasteiger partial charge in [-0.1, -0.05) is 41.9 Å². The van der Waals surface area contributed by atoms with Crippen molar-refractivity contribution in [2.24, 2.45) is 4.99 Å². The Bertz CT molecular complexity index is 1300. The molecule has 1 amide bonds. The number of allylic oxidation sites excluding steroid dienone is 1. The SMILES string of the molecule is CC1=CN=C(CN(Cc2ccc(CNC(=O)c3ccnc(Cl)c3)cc2)C2CCCc3cccnc32)C1. The highest BCUT2D eigenvalue weighted by Crippen LogP contribution is 2.34. The van der Waals surface area contributed by atoms with Crippen LogP contribution < -0.4 is 5.32 Å². The fraction of sp³-hybridized carbons (Fsp3) is 0.310. The van der Waals surface area contributed by atoms with Gasteiger partial charge in [0.15, 0.2) is 0 Å². The molecule has 0 fully saturated rings. The minimum Gasteiger partial charge on any atom is -0.348 e. The summed E-state index contributed by atoms with van der Waals surface area (Å²) in [7, 11) is 0. The summed E-state index contributed by atoms with van der Waals surface area (Å²) in [5.41, 5.74) is 7.88. The normalized spacial score (nSPS) is 16.9. The van der Waals surface area contributed by atoms with Crippen LogP contribution in [-0.2, 0) is 19.5 Å². The molecule has 184 valence electrons. The molecule has 0 saturated carbocycles. The van der Waals surface area contributed by atoms with Gasteiger partial charge in [-0.25, -0.2) is 4.98 Å². The molecule has 1 atom stereocenters. The number of carbonyl (C=O) groups excluding carboxylic acids is 1. The zero-order chi connectivity index (χ0) is 24.9. The average molecular weight is 500 g/mol. The molecule has 1 unspecified atom stereocenters. The Labute approximate surface area is 217 Å². The van der Waals surface area contributed by atoms with Gasteiger partial charge in [0.2, 0.25) is 0 Å². The largest absolute Gasteiger partial charge is 0.348 e. The van der Waals surface area contributed by atoms with Gasteiger partial charge in [-0.05, 0) is 66.6 Å². The summed E-state index contributed by atoms with van der Waals surface area (Å²) in [6.45, 7) is 4.24. The number of carbonyl (C=O) groups is 1. The Morgan fingerprint density at radius 2 is 1.92 bits per heavy atom. The number of halogens is 1. The van der Waals surface area contributed by atoms with Crippen molar-refractivity contribution < 1.29 is 4.79 Å². The van der Waals surface area contributed by atoms with Crippen LogP contribution >= 0.6 is 11.6 Å². The number of benzene rings is 1. The molecule has 1 N–H and O–H groups in total. The fourth-order valence-electron chi connectivity index (χ4n) is 4.99. The predicted molar refractivity (Wildman–Crippen MR) is 143 cm³/mol. The molecule has 1 aromatic carbocycles. The zero-order valence-corrected chi connectivity index (χ0v) is 21.2. The highest BCUT2D eigenvalue weighted by atomic mass is 35.5. The van der Waals surface area contributed by atoms with E-state index in [2.05, 4.69) is 57.4 Å². The van der Waals surface area contributed by atoms with E-state index in [-0.39, 0.29) is 11.9 Å². The van der Waals surface area contributed by atoms with E-state index >= 15 is 0 Å². The van der Waals surface area contributed by atoms with E-state index in [0.29, 0.717) is 17.3 Å². The quantitative estimate of drug-likeness (QED) is 0.404. The number of fused-ring (bicyclic) bond motifs is 1. The van der Waals surface area contributed by atoms with Crippen molar-refractivity contribution >= 4 is 23.2 Å². The molecule has 0 saturated heterocycles. The monoisotopic (exact) mass is 499 g/mol. The number of aryl methyl sites for hydroxylation is 1. The maximum atomic E-state index is 12.4. The van der Waals surface area contributed by atoms with Crippen molar-refractivity contribution in [1.29, 1.82) is 0 Å². The Hall–Kier alpha value is -3.35. The first-order chi connectivity index (χ1) is 17.5. The molecule has 2 aromatic heterocycles. The van der Waals surface area contributed by atoms with Crippen LogP contribution in [0, 0.1) is 0 Å². The first kappa shape index (κ1) is 24.3. The third-order valence-electron chi connectivity index (χ3n) is 6.79. The van der Waals surface area contributed by atoms with E-state index in [9.17, 15) is 4.79 Å². The highest BCUT2D eigenvalue weighted by Gasteiger charge is 2.28. The second kappa shape index (κ2) is 11.1. The van der Waals surface area contributed by atoms with Crippen LogP contribution in [0.1, 0.15) is 65.0 Å². The summed E-state index contributed by atoms with van der Waals surface area (Å²) < 4.78 is 0. The van der Waals surface area contributed by atoms with Crippen LogP contribution in [0.3, 0.4) is 0 Å². The van der Waals surface area contributed by atoms with Gasteiger partial charge in [0, 0.05) is 55.9 Å². The van der Waals surface area contributed by atoms with Gasteiger partial charge in [0.1, 0.15) is 5.15 Å². The number of nitrogens with one attached hydrogen (secondary N) is 1. The third kappa shape index (κ3) is 5.89. The summed E-state index contributed by atoms with van der Waals surface area (Å²) in [5, 5.41) is 3.26. The summed E-state index contributed by atoms with van der Waals surface area (Å²) >= 11 is 5.90. The molecule has 36 heavy (non-hydrogen) atoms. The molecule has 5 rings (SSSR count). The molecule has 7 heteroatoms. The minimum atomic E-state index is -0.167. The van der Waals surface area contributed by atoms with E-state index in [1.165, 1.54) is 40.7 Å². The summed E-state index contributed by atoms with van der Waals surface area (Å²) in [4.78, 5) is 28.3. The number of rotatable bonds is 8. The van der Waals surface area contributed by atoms with Crippen LogP contribution in [-0.4, -0.2) is 33.0 Å². The van der Waals surface area contributed by atoms with Gasteiger partial charge < -0.3 is 5.32 Å². The maximum absolute atomic E-state index is 12.4. The van der Waals surface area contributed by atoms with E-state index in [0.717, 1.165) is 37.9 Å². The topological polar surface area (TPSA) is 70.5 Å². The van der Waals surface area contributed by atoms with Crippen molar-refractivity contribution in [3.8, 4) is 0 Å². The number of hydrogen-bond donors (Lipinski definition) is 1. The fourth-order valence-corrected chi connectivity index (χ4v) is 5.16. The number of pyridine rings is 2. The predicted octanol–water partition coefficient (Wildman–Crippen LogP) is 5.69. The zero-order valence-electron chi connectivity index (χ0n) is 20.5. The van der Waals surface area contributed by atoms with Gasteiger partial charge in [-0.2, -0.15) is 0 Å². The van der Waals surface area contributed by atoms with Crippen LogP contribution in [0.4, 0.5) is 0 Å². The Morgan fingerprint density at radius 1 is 1.08 bits per heavy atom. The Balaban J connectivity index is 1.27. The molecule has 6 nitrogen and oxygen atoms in total. The van der Waals surface area contributed by atoms with Gasteiger partial charge in [-0.15, -0.1) is 0 Å². The minimum absolute atomic E-state index is 0.167. The molecular weight excluding hydrogens is 470 g/mol. The molecule has 3 heterocycles. The Kier molecular flexibility index (Phi) is 7.54. The van der Waals surface area contributed by atoms with E-state index in [4.69, 9.17) is 16.6 Å². The maximum Gasteiger partial charge on any atom is 0.251 e. The van der Waals surface area contributed by atoms with E-state index in [1.54, 1.807) is 12.1 Å². The van der Waals surface area contributed by atoms with Crippen molar-refractivity contribution in [3.63, 3.8) is 0 Å². The standard InChI is InChI=1S/C29H30ClN5O/c1-20-14-25(33-16-20)19-35(26-6-2-4-23-5-3-12-32-28(23)26)18-22-9-7-21(8-10-22)17-34-29(36)24-11-13-31-27(30)15-24/h3,5,7-13,15-16,26H,2,4,6,14,17-19H2,1H3,(H,34,36). The highest BCUT2D eigenvalue weighted by molar-refractivity contribution is 6.29. The molecule has 0 bridgehead atoms. The smallest absolute Gasteiger partial charge is 0.251 e. The van der Waals surface area contributed by atoms with E-state index < -0.39 is 0 Å². The summed E-state index contributed by atoms with van der Waals surface area (Å²) in [6, 6.07) is 16.2. The van der Waals surface area contributed by atoms with Crippen molar-refractivity contribution in [3.05, 3.63) is 106 Å². The lowest BCUT2D eigenvalue weighted by atomic mass is 9.90. The molecule has 1 aliphatic carbocycles. The van der Waals surface area contributed by atoms with Gasteiger partial charge in [0.05, 0.1) is 11.7 Å². The molecule has 2 aliphatic rings. The first-order valence-electron chi connectivity index (χ1n) is 12.4. The summed E-state index contributed by atoms with van der Waals surface area (Å²) in [6.07, 6.45) is 9.76. The molecule has 3 aromatic rings. The lowest BCUT2D eigenvalue weighted by molar-refractivity contribution is 0.0951. The van der Waals surface area contributed by atoms with Gasteiger partial charge >= 0.3 is 0 Å². The van der Waals surface area contributed by atoms with Crippen LogP contribution in [0.15, 0.2) is 77.7 Å². The number of nitrogens with zero attached hydrogens (tertiary/aromatic N) is 4. The van der Waals surface area contributed by atoms with E-state index in [1.807, 2.05) is 18.5 Å². The summed E-state index contributed by atoms with van der Waals surface area (Å²) in [5.74, 6) is -0.167. The number of aliphatic imine (C=N–C) groups is 1. The second-order valence-corrected chi connectivity index (χ2v) is 9.96. The third-order valence-corrected chi connectivity index (χ3v) is 7.00. The second-order valence-electron chi connectivity index (χ2n) is 9.57. The average Bonchev–Trinajstić information content (AvgIpc) is 3.31. The van der Waals surface area contributed by atoms with Gasteiger partial charge in [-0.3, -0.25) is 19.7 Å². The Morgan fingerprint density at radius 3 is 2.69 bits per heavy atom. The number of hydrogen-bond acceptors (Lipinski definition) is 5. The molecule has 1 aliphatic heterocycles. The first-order valence-corrected chi connectivity index (χ1v) is 12.8.